The fraction of sp³-hybridized carbons (Fsp3) is 0.333. The Balaban J connectivity index is 1.86. The molecule has 9 heteroatoms. The summed E-state index contributed by atoms with van der Waals surface area (Å²) in [6.45, 7) is 0.188. The van der Waals surface area contributed by atoms with Crippen molar-refractivity contribution in [3.63, 3.8) is 0 Å². The number of rotatable bonds is 7. The number of anilines is 1. The molecular weight excluding hydrogens is 294 g/mol. The van der Waals surface area contributed by atoms with E-state index in [1.54, 1.807) is 24.3 Å². The van der Waals surface area contributed by atoms with Crippen LogP contribution in [-0.4, -0.2) is 47.3 Å². The third-order valence-electron chi connectivity index (χ3n) is 2.78. The Bertz CT molecular complexity index is 672. The van der Waals surface area contributed by atoms with Gasteiger partial charge in [0.1, 0.15) is 24.5 Å². The minimum absolute atomic E-state index is 0.0481. The fourth-order valence-corrected chi connectivity index (χ4v) is 2.57. The van der Waals surface area contributed by atoms with Crippen LogP contribution in [0.4, 0.5) is 5.69 Å². The maximum absolute atomic E-state index is 12.1. The van der Waals surface area contributed by atoms with Gasteiger partial charge in [-0.2, -0.15) is 9.40 Å². The molecule has 1 heterocycles. The molecule has 0 aliphatic heterocycles. The lowest BCUT2D eigenvalue weighted by Crippen LogP contribution is -2.31. The van der Waals surface area contributed by atoms with Crippen LogP contribution in [0.5, 0.6) is 5.75 Å². The molecule has 0 radical (unpaired) electrons. The normalized spacial score (nSPS) is 11.7. The van der Waals surface area contributed by atoms with Gasteiger partial charge >= 0.3 is 0 Å². The molecule has 1 aromatic heterocycles. The Morgan fingerprint density at radius 1 is 1.43 bits per heavy atom. The number of nitrogen functional groups attached to an aromatic ring is 1. The number of benzene rings is 1. The van der Waals surface area contributed by atoms with Gasteiger partial charge < -0.3 is 10.5 Å². The molecule has 2 aromatic rings. The molecular formula is C12H17N5O3S. The average molecular weight is 311 g/mol. The van der Waals surface area contributed by atoms with E-state index in [1.165, 1.54) is 17.7 Å². The van der Waals surface area contributed by atoms with Crippen LogP contribution in [0.25, 0.3) is 0 Å². The van der Waals surface area contributed by atoms with Gasteiger partial charge in [0.2, 0.25) is 10.0 Å². The van der Waals surface area contributed by atoms with E-state index in [-0.39, 0.29) is 18.9 Å². The molecule has 2 rings (SSSR count). The topological polar surface area (TPSA) is 114 Å². The molecule has 0 atom stereocenters. The summed E-state index contributed by atoms with van der Waals surface area (Å²) in [4.78, 5) is 3.89. The number of ether oxygens (including phenoxy) is 1. The summed E-state index contributed by atoms with van der Waals surface area (Å²) in [7, 11) is -1.94. The number of aromatic nitrogens is 3. The van der Waals surface area contributed by atoms with Crippen LogP contribution < -0.4 is 10.5 Å². The maximum Gasteiger partial charge on any atom is 0.217 e. The second kappa shape index (κ2) is 6.55. The third kappa shape index (κ3) is 4.43. The lowest BCUT2D eigenvalue weighted by molar-refractivity contribution is 0.336. The first kappa shape index (κ1) is 15.3. The molecule has 0 fully saturated rings. The number of hydrogen-bond donors (Lipinski definition) is 2. The number of H-pyrrole nitrogens is 1. The SMILES string of the molecule is CN(Cc1ncn[nH]1)S(=O)(=O)CCOc1cccc(N)c1. The van der Waals surface area contributed by atoms with Crippen molar-refractivity contribution in [2.75, 3.05) is 25.1 Å². The molecule has 0 saturated heterocycles. The van der Waals surface area contributed by atoms with E-state index in [4.69, 9.17) is 10.5 Å². The standard InChI is InChI=1S/C12H17N5O3S/c1-17(8-12-14-9-15-16-12)21(18,19)6-5-20-11-4-2-3-10(13)7-11/h2-4,7,9H,5-6,8,13H2,1H3,(H,14,15,16). The van der Waals surface area contributed by atoms with E-state index < -0.39 is 10.0 Å². The zero-order chi connectivity index (χ0) is 15.3. The first-order valence-corrected chi connectivity index (χ1v) is 7.85. The summed E-state index contributed by atoms with van der Waals surface area (Å²) >= 11 is 0. The van der Waals surface area contributed by atoms with Crippen molar-refractivity contribution in [3.05, 3.63) is 36.4 Å². The lowest BCUT2D eigenvalue weighted by Gasteiger charge is -2.16. The highest BCUT2D eigenvalue weighted by Crippen LogP contribution is 2.14. The van der Waals surface area contributed by atoms with Gasteiger partial charge in [-0.25, -0.2) is 13.4 Å². The van der Waals surface area contributed by atoms with Crippen molar-refractivity contribution in [2.45, 2.75) is 6.54 Å². The predicted octanol–water partition coefficient (Wildman–Crippen LogP) is 0.227. The van der Waals surface area contributed by atoms with Crippen molar-refractivity contribution in [3.8, 4) is 5.75 Å². The number of aromatic amines is 1. The monoisotopic (exact) mass is 311 g/mol. The molecule has 0 unspecified atom stereocenters. The van der Waals surface area contributed by atoms with Crippen LogP contribution in [0.2, 0.25) is 0 Å². The Kier molecular flexibility index (Phi) is 4.76. The fourth-order valence-electron chi connectivity index (χ4n) is 1.64. The van der Waals surface area contributed by atoms with Gasteiger partial charge in [0.05, 0.1) is 12.3 Å². The van der Waals surface area contributed by atoms with Crippen molar-refractivity contribution in [2.24, 2.45) is 0 Å². The molecule has 8 nitrogen and oxygen atoms in total. The van der Waals surface area contributed by atoms with Gasteiger partial charge in [-0.3, -0.25) is 5.10 Å². The van der Waals surface area contributed by atoms with E-state index in [0.717, 1.165) is 0 Å². The summed E-state index contributed by atoms with van der Waals surface area (Å²) in [6.07, 6.45) is 1.33. The van der Waals surface area contributed by atoms with Gasteiger partial charge in [-0.15, -0.1) is 0 Å². The first-order chi connectivity index (χ1) is 9.97. The molecule has 3 N–H and O–H groups in total. The van der Waals surface area contributed by atoms with E-state index in [9.17, 15) is 8.42 Å². The average Bonchev–Trinajstić information content (AvgIpc) is 2.91. The molecule has 0 aliphatic carbocycles. The van der Waals surface area contributed by atoms with E-state index in [0.29, 0.717) is 17.3 Å². The molecule has 0 spiro atoms. The van der Waals surface area contributed by atoms with Crippen LogP contribution in [0.1, 0.15) is 5.82 Å². The molecule has 114 valence electrons. The Hall–Kier alpha value is -2.13. The second-order valence-corrected chi connectivity index (χ2v) is 6.62. The predicted molar refractivity (Wildman–Crippen MR) is 78.0 cm³/mol. The summed E-state index contributed by atoms with van der Waals surface area (Å²) in [5.74, 6) is 0.896. The molecule has 0 bridgehead atoms. The quantitative estimate of drug-likeness (QED) is 0.707. The zero-order valence-corrected chi connectivity index (χ0v) is 12.4. The van der Waals surface area contributed by atoms with Gasteiger partial charge in [0.25, 0.3) is 0 Å². The number of hydrogen-bond acceptors (Lipinski definition) is 6. The molecule has 0 saturated carbocycles. The van der Waals surface area contributed by atoms with Crippen LogP contribution in [0.3, 0.4) is 0 Å². The largest absolute Gasteiger partial charge is 0.492 e. The van der Waals surface area contributed by atoms with Crippen LogP contribution in [-0.2, 0) is 16.6 Å². The Labute approximate surface area is 123 Å². The highest BCUT2D eigenvalue weighted by Gasteiger charge is 2.19. The van der Waals surface area contributed by atoms with Crippen LogP contribution in [0.15, 0.2) is 30.6 Å². The lowest BCUT2D eigenvalue weighted by atomic mass is 10.3. The van der Waals surface area contributed by atoms with Crippen LogP contribution in [0, 0.1) is 0 Å². The summed E-state index contributed by atoms with van der Waals surface area (Å²) in [6, 6.07) is 6.84. The summed E-state index contributed by atoms with van der Waals surface area (Å²) in [5, 5.41) is 6.29. The Morgan fingerprint density at radius 3 is 2.90 bits per heavy atom. The van der Waals surface area contributed by atoms with E-state index in [2.05, 4.69) is 15.2 Å². The van der Waals surface area contributed by atoms with Crippen molar-refractivity contribution in [1.29, 1.82) is 0 Å². The van der Waals surface area contributed by atoms with Gasteiger partial charge in [-0.05, 0) is 12.1 Å². The highest BCUT2D eigenvalue weighted by atomic mass is 32.2. The van der Waals surface area contributed by atoms with E-state index in [1.807, 2.05) is 0 Å². The maximum atomic E-state index is 12.1. The zero-order valence-electron chi connectivity index (χ0n) is 11.6. The van der Waals surface area contributed by atoms with Gasteiger partial charge in [0.15, 0.2) is 0 Å². The molecule has 21 heavy (non-hydrogen) atoms. The number of nitrogens with two attached hydrogens (primary N) is 1. The van der Waals surface area contributed by atoms with Crippen molar-refractivity contribution in [1.82, 2.24) is 19.5 Å². The van der Waals surface area contributed by atoms with Crippen molar-refractivity contribution < 1.29 is 13.2 Å². The summed E-state index contributed by atoms with van der Waals surface area (Å²) in [5.41, 5.74) is 6.18. The second-order valence-electron chi connectivity index (χ2n) is 4.43. The smallest absolute Gasteiger partial charge is 0.217 e. The highest BCUT2D eigenvalue weighted by molar-refractivity contribution is 7.89. The molecule has 0 amide bonds. The summed E-state index contributed by atoms with van der Waals surface area (Å²) < 4.78 is 30.7. The number of nitrogens with zero attached hydrogens (tertiary/aromatic N) is 3. The Morgan fingerprint density at radius 2 is 2.24 bits per heavy atom. The minimum Gasteiger partial charge on any atom is -0.492 e. The van der Waals surface area contributed by atoms with E-state index >= 15 is 0 Å². The minimum atomic E-state index is -3.43. The number of nitrogens with one attached hydrogen (secondary N) is 1. The first-order valence-electron chi connectivity index (χ1n) is 6.24. The van der Waals surface area contributed by atoms with Crippen LogP contribution >= 0.6 is 0 Å². The molecule has 0 aliphatic rings. The molecule has 1 aromatic carbocycles. The van der Waals surface area contributed by atoms with Crippen molar-refractivity contribution >= 4 is 15.7 Å². The van der Waals surface area contributed by atoms with Gasteiger partial charge in [-0.1, -0.05) is 6.07 Å². The van der Waals surface area contributed by atoms with Gasteiger partial charge in [0, 0.05) is 18.8 Å². The number of sulfonamides is 1. The third-order valence-corrected chi connectivity index (χ3v) is 4.54.